The lowest BCUT2D eigenvalue weighted by Crippen LogP contribution is -2.47. The van der Waals surface area contributed by atoms with E-state index in [1.54, 1.807) is 0 Å². The molecule has 4 rings (SSSR count). The second kappa shape index (κ2) is 7.56. The zero-order chi connectivity index (χ0) is 17.8. The molecule has 0 aromatic heterocycles. The molecule has 0 aliphatic carbocycles. The minimum atomic E-state index is -0.666. The van der Waals surface area contributed by atoms with E-state index in [0.717, 1.165) is 49.7 Å². The maximum absolute atomic E-state index is 10.9. The van der Waals surface area contributed by atoms with Gasteiger partial charge in [-0.3, -0.25) is 4.90 Å². The van der Waals surface area contributed by atoms with Crippen molar-refractivity contribution in [1.82, 2.24) is 4.90 Å². The first-order valence-electron chi connectivity index (χ1n) is 9.32. The Hall–Kier alpha value is -2.24. The molecule has 5 nitrogen and oxygen atoms in total. The SMILES string of the molecule is OC1(CNc2ccc3c(c2)OCCO3)CCN(Cc2ccccc2)CC1. The van der Waals surface area contributed by atoms with Gasteiger partial charge < -0.3 is 19.9 Å². The fourth-order valence-electron chi connectivity index (χ4n) is 3.57. The Kier molecular flexibility index (Phi) is 5.00. The maximum atomic E-state index is 10.9. The summed E-state index contributed by atoms with van der Waals surface area (Å²) in [6.07, 6.45) is 1.55. The largest absolute Gasteiger partial charge is 0.486 e. The molecule has 138 valence electrons. The van der Waals surface area contributed by atoms with Gasteiger partial charge in [0.15, 0.2) is 11.5 Å². The van der Waals surface area contributed by atoms with E-state index >= 15 is 0 Å². The van der Waals surface area contributed by atoms with Crippen molar-refractivity contribution in [3.05, 3.63) is 54.1 Å². The van der Waals surface area contributed by atoms with Crippen LogP contribution in [0.5, 0.6) is 11.5 Å². The Morgan fingerprint density at radius 1 is 0.962 bits per heavy atom. The van der Waals surface area contributed by atoms with E-state index in [0.29, 0.717) is 19.8 Å². The van der Waals surface area contributed by atoms with Crippen LogP contribution in [0.1, 0.15) is 18.4 Å². The molecule has 0 amide bonds. The number of hydrogen-bond acceptors (Lipinski definition) is 5. The molecule has 0 unspecified atom stereocenters. The molecule has 2 aromatic rings. The number of rotatable bonds is 5. The lowest BCUT2D eigenvalue weighted by Gasteiger charge is -2.38. The van der Waals surface area contributed by atoms with E-state index < -0.39 is 5.60 Å². The number of aliphatic hydroxyl groups is 1. The minimum absolute atomic E-state index is 0.547. The van der Waals surface area contributed by atoms with Gasteiger partial charge in [0.05, 0.1) is 5.60 Å². The third-order valence-corrected chi connectivity index (χ3v) is 5.20. The lowest BCUT2D eigenvalue weighted by molar-refractivity contribution is -0.0120. The van der Waals surface area contributed by atoms with Gasteiger partial charge in [-0.2, -0.15) is 0 Å². The molecule has 0 radical (unpaired) electrons. The van der Waals surface area contributed by atoms with Crippen molar-refractivity contribution in [3.63, 3.8) is 0 Å². The molecular weight excluding hydrogens is 328 g/mol. The third kappa shape index (κ3) is 4.11. The Morgan fingerprint density at radius 2 is 1.69 bits per heavy atom. The van der Waals surface area contributed by atoms with Crippen molar-refractivity contribution in [3.8, 4) is 11.5 Å². The van der Waals surface area contributed by atoms with E-state index in [2.05, 4.69) is 34.5 Å². The van der Waals surface area contributed by atoms with Gasteiger partial charge in [0, 0.05) is 37.9 Å². The first-order valence-corrected chi connectivity index (χ1v) is 9.32. The maximum Gasteiger partial charge on any atom is 0.163 e. The van der Waals surface area contributed by atoms with E-state index in [-0.39, 0.29) is 0 Å². The highest BCUT2D eigenvalue weighted by atomic mass is 16.6. The summed E-state index contributed by atoms with van der Waals surface area (Å²) in [6, 6.07) is 16.4. The average Bonchev–Trinajstić information content (AvgIpc) is 2.69. The smallest absolute Gasteiger partial charge is 0.163 e. The summed E-state index contributed by atoms with van der Waals surface area (Å²) in [7, 11) is 0. The van der Waals surface area contributed by atoms with Gasteiger partial charge in [0.2, 0.25) is 0 Å². The molecule has 0 bridgehead atoms. The molecule has 2 aliphatic heterocycles. The highest BCUT2D eigenvalue weighted by Crippen LogP contribution is 2.33. The average molecular weight is 354 g/mol. The lowest BCUT2D eigenvalue weighted by atomic mass is 9.91. The van der Waals surface area contributed by atoms with Crippen molar-refractivity contribution < 1.29 is 14.6 Å². The number of likely N-dealkylation sites (tertiary alicyclic amines) is 1. The number of anilines is 1. The van der Waals surface area contributed by atoms with Crippen LogP contribution in [0.2, 0.25) is 0 Å². The number of nitrogens with one attached hydrogen (secondary N) is 1. The Balaban J connectivity index is 1.29. The van der Waals surface area contributed by atoms with Crippen LogP contribution in [0.3, 0.4) is 0 Å². The number of nitrogens with zero attached hydrogens (tertiary/aromatic N) is 1. The van der Waals surface area contributed by atoms with Crippen molar-refractivity contribution in [2.45, 2.75) is 25.0 Å². The number of piperidine rings is 1. The van der Waals surface area contributed by atoms with Gasteiger partial charge in [-0.05, 0) is 30.5 Å². The number of fused-ring (bicyclic) bond motifs is 1. The van der Waals surface area contributed by atoms with Gasteiger partial charge >= 0.3 is 0 Å². The summed E-state index contributed by atoms with van der Waals surface area (Å²) in [4.78, 5) is 2.41. The van der Waals surface area contributed by atoms with Gasteiger partial charge in [-0.15, -0.1) is 0 Å². The molecule has 2 heterocycles. The van der Waals surface area contributed by atoms with Crippen LogP contribution in [-0.2, 0) is 6.54 Å². The summed E-state index contributed by atoms with van der Waals surface area (Å²) in [5.41, 5.74) is 1.61. The van der Waals surface area contributed by atoms with Crippen molar-refractivity contribution in [2.75, 3.05) is 38.2 Å². The molecule has 26 heavy (non-hydrogen) atoms. The van der Waals surface area contributed by atoms with Gasteiger partial charge in [-0.25, -0.2) is 0 Å². The molecule has 2 aliphatic rings. The molecule has 1 saturated heterocycles. The Bertz CT molecular complexity index is 727. The summed E-state index contributed by atoms with van der Waals surface area (Å²) in [6.45, 7) is 4.50. The molecule has 1 fully saturated rings. The second-order valence-electron chi connectivity index (χ2n) is 7.20. The highest BCUT2D eigenvalue weighted by molar-refractivity contribution is 5.55. The van der Waals surface area contributed by atoms with Crippen LogP contribution < -0.4 is 14.8 Å². The first kappa shape index (κ1) is 17.2. The zero-order valence-corrected chi connectivity index (χ0v) is 15.0. The molecule has 0 spiro atoms. The van der Waals surface area contributed by atoms with Crippen LogP contribution in [-0.4, -0.2) is 48.5 Å². The van der Waals surface area contributed by atoms with Crippen LogP contribution in [0.4, 0.5) is 5.69 Å². The second-order valence-corrected chi connectivity index (χ2v) is 7.20. The first-order chi connectivity index (χ1) is 12.7. The fraction of sp³-hybridized carbons (Fsp3) is 0.429. The number of ether oxygens (including phenoxy) is 2. The van der Waals surface area contributed by atoms with Crippen molar-refractivity contribution in [2.24, 2.45) is 0 Å². The van der Waals surface area contributed by atoms with Crippen LogP contribution in [0.25, 0.3) is 0 Å². The molecule has 2 aromatic carbocycles. The quantitative estimate of drug-likeness (QED) is 0.865. The monoisotopic (exact) mass is 354 g/mol. The van der Waals surface area contributed by atoms with Gasteiger partial charge in [0.25, 0.3) is 0 Å². The third-order valence-electron chi connectivity index (χ3n) is 5.20. The van der Waals surface area contributed by atoms with Gasteiger partial charge in [-0.1, -0.05) is 30.3 Å². The summed E-state index contributed by atoms with van der Waals surface area (Å²) in [5, 5.41) is 14.3. The molecular formula is C21H26N2O3. The minimum Gasteiger partial charge on any atom is -0.486 e. The van der Waals surface area contributed by atoms with E-state index in [4.69, 9.17) is 9.47 Å². The Labute approximate surface area is 154 Å². The van der Waals surface area contributed by atoms with Crippen molar-refractivity contribution in [1.29, 1.82) is 0 Å². The number of benzene rings is 2. The highest BCUT2D eigenvalue weighted by Gasteiger charge is 2.32. The van der Waals surface area contributed by atoms with E-state index in [1.165, 1.54) is 5.56 Å². The summed E-state index contributed by atoms with van der Waals surface area (Å²) >= 11 is 0. The number of hydrogen-bond donors (Lipinski definition) is 2. The van der Waals surface area contributed by atoms with Crippen LogP contribution in [0, 0.1) is 0 Å². The molecule has 2 N–H and O–H groups in total. The van der Waals surface area contributed by atoms with Crippen LogP contribution in [0.15, 0.2) is 48.5 Å². The summed E-state index contributed by atoms with van der Waals surface area (Å²) < 4.78 is 11.2. The van der Waals surface area contributed by atoms with Gasteiger partial charge in [0.1, 0.15) is 13.2 Å². The normalized spacial score (nSPS) is 19.1. The molecule has 0 saturated carbocycles. The van der Waals surface area contributed by atoms with E-state index in [1.807, 2.05) is 24.3 Å². The fourth-order valence-corrected chi connectivity index (χ4v) is 3.57. The molecule has 5 heteroatoms. The topological polar surface area (TPSA) is 54.0 Å². The van der Waals surface area contributed by atoms with Crippen LogP contribution >= 0.6 is 0 Å². The molecule has 0 atom stereocenters. The zero-order valence-electron chi connectivity index (χ0n) is 15.0. The Morgan fingerprint density at radius 3 is 2.46 bits per heavy atom. The van der Waals surface area contributed by atoms with Crippen molar-refractivity contribution >= 4 is 5.69 Å². The standard InChI is InChI=1S/C21H26N2O3/c24-21(8-10-23(11-9-21)15-17-4-2-1-3-5-17)16-22-18-6-7-19-20(14-18)26-13-12-25-19/h1-7,14,22,24H,8-13,15-16H2. The summed E-state index contributed by atoms with van der Waals surface area (Å²) in [5.74, 6) is 1.56. The predicted molar refractivity (Wildman–Crippen MR) is 102 cm³/mol. The van der Waals surface area contributed by atoms with E-state index in [9.17, 15) is 5.11 Å². The predicted octanol–water partition coefficient (Wildman–Crippen LogP) is 2.90.